The number of nitrogens with zero attached hydrogens (tertiary/aromatic N) is 2. The van der Waals surface area contributed by atoms with Crippen molar-refractivity contribution >= 4 is 53.2 Å². The zero-order chi connectivity index (χ0) is 21.7. The molecule has 0 amide bonds. The Morgan fingerprint density at radius 1 is 0.900 bits per heavy atom. The summed E-state index contributed by atoms with van der Waals surface area (Å²) in [5.74, 6) is 0. The van der Waals surface area contributed by atoms with Crippen molar-refractivity contribution in [3.05, 3.63) is 60.0 Å². The van der Waals surface area contributed by atoms with Crippen LogP contribution in [0.25, 0.3) is 20.8 Å². The first-order chi connectivity index (χ1) is 14.0. The van der Waals surface area contributed by atoms with E-state index in [1.54, 1.807) is 30.3 Å². The molecule has 2 aromatic rings. The molecule has 1 aliphatic heterocycles. The van der Waals surface area contributed by atoms with E-state index in [0.29, 0.717) is 16.7 Å². The number of benzene rings is 3. The Kier molecular flexibility index (Phi) is 4.83. The molecule has 0 bridgehead atoms. The van der Waals surface area contributed by atoms with E-state index in [9.17, 15) is 25.9 Å². The Labute approximate surface area is 175 Å². The first-order valence-electron chi connectivity index (χ1n) is 8.25. The molecule has 12 heteroatoms. The van der Waals surface area contributed by atoms with Gasteiger partial charge in [-0.25, -0.2) is 9.98 Å². The van der Waals surface area contributed by atoms with Gasteiger partial charge in [0.15, 0.2) is 0 Å². The molecule has 30 heavy (non-hydrogen) atoms. The summed E-state index contributed by atoms with van der Waals surface area (Å²) in [6, 6.07) is 12.8. The Morgan fingerprint density at radius 2 is 1.67 bits per heavy atom. The molecule has 1 heterocycles. The van der Waals surface area contributed by atoms with Gasteiger partial charge in [-0.3, -0.25) is 9.11 Å². The van der Waals surface area contributed by atoms with Crippen LogP contribution in [0.5, 0.6) is 0 Å². The molecule has 2 aliphatic rings. The first-order valence-corrected chi connectivity index (χ1v) is 11.9. The highest BCUT2D eigenvalue weighted by Gasteiger charge is 2.19. The summed E-state index contributed by atoms with van der Waals surface area (Å²) in [5, 5.41) is 0.299. The molecule has 0 aromatic heterocycles. The van der Waals surface area contributed by atoms with Crippen molar-refractivity contribution in [2.75, 3.05) is 5.73 Å². The number of rotatable bonds is 3. The number of hydrogen-bond donors (Lipinski definition) is 3. The number of nitrogen functional groups attached to an aromatic ring is 1. The Bertz CT molecular complexity index is 1560. The molecule has 0 spiro atoms. The second-order valence-corrected chi connectivity index (χ2v) is 10.2. The van der Waals surface area contributed by atoms with Crippen LogP contribution in [0.3, 0.4) is 0 Å². The van der Waals surface area contributed by atoms with Crippen LogP contribution in [0.4, 0.5) is 11.4 Å². The Morgan fingerprint density at radius 3 is 2.37 bits per heavy atom. The fraction of sp³-hybridized carbons (Fsp3) is 0. The summed E-state index contributed by atoms with van der Waals surface area (Å²) in [5.41, 5.74) is 7.44. The van der Waals surface area contributed by atoms with Gasteiger partial charge in [0.1, 0.15) is 4.90 Å². The quantitative estimate of drug-likeness (QED) is 0.237. The predicted octanol–water partition coefficient (Wildman–Crippen LogP) is 2.71. The number of fused-ring (bicyclic) bond motifs is 2. The average molecular weight is 464 g/mol. The highest BCUT2D eigenvalue weighted by molar-refractivity contribution is 7.86. The van der Waals surface area contributed by atoms with Crippen LogP contribution in [0.1, 0.15) is 0 Å². The van der Waals surface area contributed by atoms with Crippen LogP contribution in [-0.4, -0.2) is 30.9 Å². The SMILES string of the molecule is Nc1ccc2sc3c/c(=N\c4cc(S(=O)(=O)O)ccc4S(=O)(=O)O)ccc-3nc2c1. The van der Waals surface area contributed by atoms with Crippen molar-refractivity contribution in [1.82, 2.24) is 4.98 Å². The smallest absolute Gasteiger partial charge is 0.296 e. The van der Waals surface area contributed by atoms with E-state index in [2.05, 4.69) is 9.98 Å². The van der Waals surface area contributed by atoms with Crippen LogP contribution < -0.4 is 11.1 Å². The van der Waals surface area contributed by atoms with Crippen LogP contribution in [0.15, 0.2) is 69.4 Å². The zero-order valence-corrected chi connectivity index (χ0v) is 17.4. The van der Waals surface area contributed by atoms with Gasteiger partial charge in [0.05, 0.1) is 36.7 Å². The summed E-state index contributed by atoms with van der Waals surface area (Å²) in [7, 11) is -9.28. The normalized spacial score (nSPS) is 13.2. The largest absolute Gasteiger partial charge is 0.399 e. The third-order valence-corrected chi connectivity index (χ3v) is 7.01. The van der Waals surface area contributed by atoms with Crippen molar-refractivity contribution in [1.29, 1.82) is 0 Å². The third kappa shape index (κ3) is 4.04. The van der Waals surface area contributed by atoms with Crippen molar-refractivity contribution in [3.8, 4) is 10.6 Å². The van der Waals surface area contributed by atoms with Gasteiger partial charge in [0.25, 0.3) is 20.2 Å². The van der Waals surface area contributed by atoms with Gasteiger partial charge >= 0.3 is 0 Å². The number of hydrogen-bond acceptors (Lipinski definition) is 8. The minimum Gasteiger partial charge on any atom is -0.399 e. The zero-order valence-electron chi connectivity index (χ0n) is 14.9. The minimum absolute atomic E-state index is 0.299. The van der Waals surface area contributed by atoms with E-state index in [0.717, 1.165) is 33.3 Å². The van der Waals surface area contributed by atoms with Crippen LogP contribution >= 0.6 is 11.3 Å². The summed E-state index contributed by atoms with van der Waals surface area (Å²) in [6.45, 7) is 0. The maximum atomic E-state index is 11.7. The lowest BCUT2D eigenvalue weighted by atomic mass is 10.2. The molecule has 0 radical (unpaired) electrons. The fourth-order valence-corrected chi connectivity index (χ4v) is 4.89. The highest BCUT2D eigenvalue weighted by atomic mass is 32.2. The first kappa shape index (κ1) is 20.4. The summed E-state index contributed by atoms with van der Waals surface area (Å²) in [6.07, 6.45) is 0. The standard InChI is InChI=1S/C18H13N3O6S3/c19-10-1-5-16-14(7-10)21-13-4-2-11(8-17(13)28-16)20-15-9-12(29(22,23)24)3-6-18(15)30(25,26)27/h1-9H,19H2,(H,22,23,24)(H,25,26,27)/b20-11-. The molecule has 1 aliphatic carbocycles. The van der Waals surface area contributed by atoms with Gasteiger partial charge in [-0.1, -0.05) is 0 Å². The molecule has 0 saturated heterocycles. The molecule has 0 unspecified atom stereocenters. The minimum atomic E-state index is -4.68. The van der Waals surface area contributed by atoms with Gasteiger partial charge < -0.3 is 5.73 Å². The van der Waals surface area contributed by atoms with E-state index >= 15 is 0 Å². The maximum Gasteiger partial charge on any atom is 0.296 e. The molecular formula is C18H13N3O6S3. The molecule has 0 atom stereocenters. The van der Waals surface area contributed by atoms with Crippen molar-refractivity contribution in [3.63, 3.8) is 0 Å². The Balaban J connectivity index is 1.95. The van der Waals surface area contributed by atoms with Crippen molar-refractivity contribution in [2.45, 2.75) is 9.79 Å². The third-order valence-electron chi connectivity index (χ3n) is 4.14. The topological polar surface area (TPSA) is 160 Å². The lowest BCUT2D eigenvalue weighted by Gasteiger charge is -2.07. The molecule has 4 rings (SSSR count). The number of anilines is 1. The second-order valence-electron chi connectivity index (χ2n) is 6.28. The lowest BCUT2D eigenvalue weighted by molar-refractivity contribution is 0.478. The lowest BCUT2D eigenvalue weighted by Crippen LogP contribution is -2.05. The van der Waals surface area contributed by atoms with Crippen LogP contribution in [0, 0.1) is 0 Å². The molecule has 154 valence electrons. The van der Waals surface area contributed by atoms with E-state index in [-0.39, 0.29) is 5.69 Å². The van der Waals surface area contributed by atoms with Crippen LogP contribution in [0.2, 0.25) is 0 Å². The van der Waals surface area contributed by atoms with Gasteiger partial charge in [-0.15, -0.1) is 11.3 Å². The molecule has 0 fully saturated rings. The average Bonchev–Trinajstić information content (AvgIpc) is 2.65. The summed E-state index contributed by atoms with van der Waals surface area (Å²) < 4.78 is 65.7. The monoisotopic (exact) mass is 463 g/mol. The van der Waals surface area contributed by atoms with Gasteiger partial charge in [-0.05, 0) is 54.6 Å². The summed E-state index contributed by atoms with van der Waals surface area (Å²) in [4.78, 5) is 8.30. The molecule has 4 N–H and O–H groups in total. The van der Waals surface area contributed by atoms with E-state index in [1.807, 2.05) is 6.07 Å². The van der Waals surface area contributed by atoms with Gasteiger partial charge in [-0.2, -0.15) is 16.8 Å². The molecular weight excluding hydrogens is 450 g/mol. The fourth-order valence-electron chi connectivity index (χ4n) is 2.81. The van der Waals surface area contributed by atoms with Gasteiger partial charge in [0, 0.05) is 5.69 Å². The predicted molar refractivity (Wildman–Crippen MR) is 112 cm³/mol. The highest BCUT2D eigenvalue weighted by Crippen LogP contribution is 2.31. The maximum absolute atomic E-state index is 11.7. The molecule has 0 saturated carbocycles. The Hall–Kier alpha value is -2.90. The van der Waals surface area contributed by atoms with E-state index < -0.39 is 30.0 Å². The molecule has 2 aromatic carbocycles. The molecule has 9 nitrogen and oxygen atoms in total. The summed E-state index contributed by atoms with van der Waals surface area (Å²) >= 11 is 1.42. The second kappa shape index (κ2) is 7.11. The van der Waals surface area contributed by atoms with Crippen molar-refractivity contribution in [2.24, 2.45) is 4.99 Å². The van der Waals surface area contributed by atoms with E-state index in [1.165, 1.54) is 11.3 Å². The van der Waals surface area contributed by atoms with E-state index in [4.69, 9.17) is 5.73 Å². The number of nitrogens with two attached hydrogens (primary N) is 1. The van der Waals surface area contributed by atoms with Gasteiger partial charge in [0.2, 0.25) is 0 Å². The number of aromatic nitrogens is 1. The van der Waals surface area contributed by atoms with Crippen molar-refractivity contribution < 1.29 is 25.9 Å². The van der Waals surface area contributed by atoms with Crippen LogP contribution in [-0.2, 0) is 20.2 Å².